The monoisotopic (exact) mass is 457 g/mol. The van der Waals surface area contributed by atoms with E-state index in [1.165, 1.54) is 23.3 Å². The Morgan fingerprint density at radius 2 is 1.93 bits per heavy atom. The summed E-state index contributed by atoms with van der Waals surface area (Å²) in [6.07, 6.45) is 1.77. The minimum absolute atomic E-state index is 0.0272. The van der Waals surface area contributed by atoms with E-state index in [1.807, 2.05) is 24.3 Å². The van der Waals surface area contributed by atoms with E-state index >= 15 is 0 Å². The van der Waals surface area contributed by atoms with Crippen molar-refractivity contribution in [1.29, 1.82) is 0 Å². The summed E-state index contributed by atoms with van der Waals surface area (Å²) in [6.45, 7) is 0.260. The summed E-state index contributed by atoms with van der Waals surface area (Å²) < 4.78 is 24.5. The molecule has 0 fully saturated rings. The van der Waals surface area contributed by atoms with Gasteiger partial charge in [0.25, 0.3) is 5.91 Å². The van der Waals surface area contributed by atoms with Gasteiger partial charge in [-0.2, -0.15) is 0 Å². The van der Waals surface area contributed by atoms with Crippen LogP contribution >= 0.6 is 15.9 Å². The molecule has 0 radical (unpaired) electrons. The summed E-state index contributed by atoms with van der Waals surface area (Å²) in [4.78, 5) is 27.3. The number of furan rings is 1. The Morgan fingerprint density at radius 1 is 1.14 bits per heavy atom. The highest BCUT2D eigenvalue weighted by atomic mass is 79.9. The van der Waals surface area contributed by atoms with Crippen molar-refractivity contribution in [3.63, 3.8) is 0 Å². The zero-order valence-electron chi connectivity index (χ0n) is 15.3. The van der Waals surface area contributed by atoms with Crippen molar-refractivity contribution < 1.29 is 23.1 Å². The molecule has 1 aliphatic heterocycles. The van der Waals surface area contributed by atoms with Crippen molar-refractivity contribution in [2.75, 3.05) is 0 Å². The number of halogens is 2. The lowest BCUT2D eigenvalue weighted by molar-refractivity contribution is -0.151. The summed E-state index contributed by atoms with van der Waals surface area (Å²) in [5.74, 6) is -1.10. The van der Waals surface area contributed by atoms with Crippen molar-refractivity contribution >= 4 is 27.8 Å². The van der Waals surface area contributed by atoms with E-state index in [0.717, 1.165) is 11.1 Å². The second-order valence-electron chi connectivity index (χ2n) is 6.74. The molecule has 2 aromatic carbocycles. The molecule has 1 atom stereocenters. The van der Waals surface area contributed by atoms with Crippen LogP contribution in [0.2, 0.25) is 0 Å². The standard InChI is InChI=1S/C22H17BrFNO4/c23-18-11-17(24)8-7-16(18)13-29-22(27)19-10-14-4-1-2-5-15(14)12-25(19)21(26)20-6-3-9-28-20/h1-9,11,19H,10,12-13H2/t19-/m0/s1. The highest BCUT2D eigenvalue weighted by Crippen LogP contribution is 2.27. The molecule has 0 unspecified atom stereocenters. The van der Waals surface area contributed by atoms with Gasteiger partial charge in [-0.1, -0.05) is 46.3 Å². The number of benzene rings is 2. The molecule has 5 nitrogen and oxygen atoms in total. The second kappa shape index (κ2) is 8.21. The van der Waals surface area contributed by atoms with E-state index < -0.39 is 12.0 Å². The maximum Gasteiger partial charge on any atom is 0.329 e. The maximum absolute atomic E-state index is 13.3. The van der Waals surface area contributed by atoms with Crippen LogP contribution in [0.15, 0.2) is 69.8 Å². The van der Waals surface area contributed by atoms with E-state index in [0.29, 0.717) is 16.5 Å². The summed E-state index contributed by atoms with van der Waals surface area (Å²) in [5.41, 5.74) is 2.62. The number of fused-ring (bicyclic) bond motifs is 1. The van der Waals surface area contributed by atoms with Crippen LogP contribution in [0, 0.1) is 5.82 Å². The van der Waals surface area contributed by atoms with Gasteiger partial charge in [-0.05, 0) is 35.4 Å². The molecule has 7 heteroatoms. The molecule has 3 aromatic rings. The molecule has 4 rings (SSSR count). The smallest absolute Gasteiger partial charge is 0.329 e. The Labute approximate surface area is 175 Å². The quantitative estimate of drug-likeness (QED) is 0.541. The minimum atomic E-state index is -0.776. The molecule has 1 amide bonds. The van der Waals surface area contributed by atoms with Crippen molar-refractivity contribution in [3.05, 3.63) is 93.6 Å². The Hall–Kier alpha value is -2.93. The Kier molecular flexibility index (Phi) is 5.49. The normalized spacial score (nSPS) is 15.7. The first-order chi connectivity index (χ1) is 14.0. The van der Waals surface area contributed by atoms with Crippen molar-refractivity contribution in [1.82, 2.24) is 4.90 Å². The molecule has 0 spiro atoms. The number of hydrogen-bond acceptors (Lipinski definition) is 4. The number of hydrogen-bond donors (Lipinski definition) is 0. The SMILES string of the molecule is O=C(OCc1ccc(F)cc1Br)[C@@H]1Cc2ccccc2CN1C(=O)c1ccco1. The topological polar surface area (TPSA) is 59.8 Å². The lowest BCUT2D eigenvalue weighted by atomic mass is 9.93. The van der Waals surface area contributed by atoms with Crippen LogP contribution in [-0.4, -0.2) is 22.8 Å². The van der Waals surface area contributed by atoms with Crippen LogP contribution in [-0.2, 0) is 29.1 Å². The number of amides is 1. The number of rotatable bonds is 4. The van der Waals surface area contributed by atoms with Gasteiger partial charge in [-0.3, -0.25) is 4.79 Å². The molecule has 148 valence electrons. The molecule has 29 heavy (non-hydrogen) atoms. The number of esters is 1. The molecule has 2 heterocycles. The lowest BCUT2D eigenvalue weighted by Crippen LogP contribution is -2.49. The predicted octanol–water partition coefficient (Wildman–Crippen LogP) is 4.49. The first kappa shape index (κ1) is 19.4. The molecule has 0 aliphatic carbocycles. The van der Waals surface area contributed by atoms with Crippen LogP contribution in [0.3, 0.4) is 0 Å². The number of carbonyl (C=O) groups excluding carboxylic acids is 2. The van der Waals surface area contributed by atoms with E-state index in [1.54, 1.807) is 18.2 Å². The fourth-order valence-corrected chi connectivity index (χ4v) is 3.84. The molecular weight excluding hydrogens is 441 g/mol. The van der Waals surface area contributed by atoms with Crippen LogP contribution < -0.4 is 0 Å². The lowest BCUT2D eigenvalue weighted by Gasteiger charge is -2.34. The third kappa shape index (κ3) is 4.10. The van der Waals surface area contributed by atoms with Gasteiger partial charge >= 0.3 is 5.97 Å². The average Bonchev–Trinajstić information content (AvgIpc) is 3.26. The largest absolute Gasteiger partial charge is 0.459 e. The van der Waals surface area contributed by atoms with Crippen LogP contribution in [0.25, 0.3) is 0 Å². The fourth-order valence-electron chi connectivity index (χ4n) is 3.37. The van der Waals surface area contributed by atoms with Gasteiger partial charge in [0.15, 0.2) is 5.76 Å². The van der Waals surface area contributed by atoms with E-state index in [2.05, 4.69) is 15.9 Å². The number of ether oxygens (including phenoxy) is 1. The highest BCUT2D eigenvalue weighted by Gasteiger charge is 2.37. The molecule has 1 aromatic heterocycles. The van der Waals surface area contributed by atoms with Gasteiger partial charge < -0.3 is 14.1 Å². The highest BCUT2D eigenvalue weighted by molar-refractivity contribution is 9.10. The molecular formula is C22H17BrFNO4. The Bertz CT molecular complexity index is 1050. The van der Waals surface area contributed by atoms with E-state index in [4.69, 9.17) is 9.15 Å². The summed E-state index contributed by atoms with van der Waals surface area (Å²) in [6, 6.07) is 14.3. The zero-order valence-corrected chi connectivity index (χ0v) is 16.9. The van der Waals surface area contributed by atoms with Gasteiger partial charge in [0.05, 0.1) is 6.26 Å². The number of nitrogens with zero attached hydrogens (tertiary/aromatic N) is 1. The van der Waals surface area contributed by atoms with Crippen LogP contribution in [0.4, 0.5) is 4.39 Å². The second-order valence-corrected chi connectivity index (χ2v) is 7.60. The van der Waals surface area contributed by atoms with Gasteiger partial charge in [0, 0.05) is 23.0 Å². The number of carbonyl (C=O) groups is 2. The van der Waals surface area contributed by atoms with E-state index in [-0.39, 0.29) is 30.6 Å². The van der Waals surface area contributed by atoms with E-state index in [9.17, 15) is 14.0 Å². The van der Waals surface area contributed by atoms with Crippen molar-refractivity contribution in [2.24, 2.45) is 0 Å². The van der Waals surface area contributed by atoms with Gasteiger partial charge in [-0.25, -0.2) is 9.18 Å². The van der Waals surface area contributed by atoms with Crippen molar-refractivity contribution in [3.8, 4) is 0 Å². The Balaban J connectivity index is 1.56. The molecule has 0 bridgehead atoms. The van der Waals surface area contributed by atoms with Gasteiger partial charge in [-0.15, -0.1) is 0 Å². The fraction of sp³-hybridized carbons (Fsp3) is 0.182. The van der Waals surface area contributed by atoms with Gasteiger partial charge in [0.2, 0.25) is 0 Å². The minimum Gasteiger partial charge on any atom is -0.459 e. The third-order valence-corrected chi connectivity index (χ3v) is 5.64. The maximum atomic E-state index is 13.3. The molecule has 1 aliphatic rings. The predicted molar refractivity (Wildman–Crippen MR) is 106 cm³/mol. The molecule has 0 saturated carbocycles. The summed E-state index contributed by atoms with van der Waals surface area (Å²) in [5, 5.41) is 0. The third-order valence-electron chi connectivity index (χ3n) is 4.90. The van der Waals surface area contributed by atoms with Gasteiger partial charge in [0.1, 0.15) is 18.5 Å². The molecule has 0 saturated heterocycles. The molecule has 0 N–H and O–H groups in total. The average molecular weight is 458 g/mol. The Morgan fingerprint density at radius 3 is 2.66 bits per heavy atom. The first-order valence-corrected chi connectivity index (χ1v) is 9.84. The van der Waals surface area contributed by atoms with Crippen LogP contribution in [0.1, 0.15) is 27.2 Å². The first-order valence-electron chi connectivity index (χ1n) is 9.05. The van der Waals surface area contributed by atoms with Crippen LogP contribution in [0.5, 0.6) is 0 Å². The summed E-state index contributed by atoms with van der Waals surface area (Å²) >= 11 is 3.27. The zero-order chi connectivity index (χ0) is 20.4. The summed E-state index contributed by atoms with van der Waals surface area (Å²) in [7, 11) is 0. The van der Waals surface area contributed by atoms with Crippen molar-refractivity contribution in [2.45, 2.75) is 25.6 Å².